The molecule has 0 aliphatic heterocycles. The van der Waals surface area contributed by atoms with E-state index in [1.807, 2.05) is 0 Å². The molecule has 0 aromatic carbocycles. The number of thioether (sulfide) groups is 1. The smallest absolute Gasteiger partial charge is 0.240 e. The van der Waals surface area contributed by atoms with Crippen molar-refractivity contribution in [1.29, 1.82) is 0 Å². The molecule has 0 amide bonds. The van der Waals surface area contributed by atoms with E-state index in [2.05, 4.69) is 0 Å². The van der Waals surface area contributed by atoms with Gasteiger partial charge in [-0.2, -0.15) is 0 Å². The van der Waals surface area contributed by atoms with Crippen LogP contribution in [-0.4, -0.2) is 11.2 Å². The van der Waals surface area contributed by atoms with Crippen LogP contribution in [0.5, 0.6) is 0 Å². The number of hydrogen-bond acceptors (Lipinski definition) is 3. The van der Waals surface area contributed by atoms with Gasteiger partial charge >= 0.3 is 0 Å². The minimum atomic E-state index is -0.490. The SMILES string of the molecule is CSC=C[N+](=O)[O-]. The predicted octanol–water partition coefficient (Wildman–Crippen LogP) is 1.10. The van der Waals surface area contributed by atoms with Gasteiger partial charge in [0.15, 0.2) is 0 Å². The molecule has 40 valence electrons. The lowest BCUT2D eigenvalue weighted by atomic mass is 11.1. The van der Waals surface area contributed by atoms with Crippen LogP contribution in [0.4, 0.5) is 0 Å². The fourth-order valence-corrected chi connectivity index (χ4v) is 0.332. The van der Waals surface area contributed by atoms with E-state index in [1.165, 1.54) is 17.2 Å². The van der Waals surface area contributed by atoms with Crippen molar-refractivity contribution in [2.45, 2.75) is 0 Å². The van der Waals surface area contributed by atoms with E-state index in [9.17, 15) is 10.1 Å². The highest BCUT2D eigenvalue weighted by Gasteiger charge is 1.77. The van der Waals surface area contributed by atoms with Crippen molar-refractivity contribution >= 4 is 11.8 Å². The second kappa shape index (κ2) is 3.67. The Bertz CT molecular complexity index is 90.9. The van der Waals surface area contributed by atoms with Crippen LogP contribution in [0.1, 0.15) is 0 Å². The zero-order chi connectivity index (χ0) is 5.70. The zero-order valence-corrected chi connectivity index (χ0v) is 4.64. The lowest BCUT2D eigenvalue weighted by Gasteiger charge is -1.72. The van der Waals surface area contributed by atoms with Crippen molar-refractivity contribution in [3.05, 3.63) is 21.7 Å². The second-order valence-corrected chi connectivity index (χ2v) is 1.55. The van der Waals surface area contributed by atoms with Crippen molar-refractivity contribution in [2.75, 3.05) is 6.26 Å². The van der Waals surface area contributed by atoms with Gasteiger partial charge in [0.2, 0.25) is 6.20 Å². The first-order valence-corrected chi connectivity index (χ1v) is 2.89. The molecule has 0 aliphatic rings. The van der Waals surface area contributed by atoms with E-state index < -0.39 is 4.92 Å². The molecule has 7 heavy (non-hydrogen) atoms. The first kappa shape index (κ1) is 6.49. The zero-order valence-electron chi connectivity index (χ0n) is 3.83. The van der Waals surface area contributed by atoms with E-state index in [4.69, 9.17) is 0 Å². The summed E-state index contributed by atoms with van der Waals surface area (Å²) >= 11 is 1.31. The second-order valence-electron chi connectivity index (χ2n) is 0.806. The summed E-state index contributed by atoms with van der Waals surface area (Å²) in [7, 11) is 0. The summed E-state index contributed by atoms with van der Waals surface area (Å²) in [5, 5.41) is 10.9. The van der Waals surface area contributed by atoms with E-state index in [0.717, 1.165) is 6.20 Å². The van der Waals surface area contributed by atoms with E-state index in [1.54, 1.807) is 6.26 Å². The van der Waals surface area contributed by atoms with Gasteiger partial charge in [-0.3, -0.25) is 10.1 Å². The van der Waals surface area contributed by atoms with Crippen LogP contribution in [0.25, 0.3) is 0 Å². The summed E-state index contributed by atoms with van der Waals surface area (Å²) in [5.41, 5.74) is 0. The molecule has 0 aromatic heterocycles. The Morgan fingerprint density at radius 1 is 1.86 bits per heavy atom. The normalized spacial score (nSPS) is 9.86. The van der Waals surface area contributed by atoms with Crippen molar-refractivity contribution in [2.24, 2.45) is 0 Å². The van der Waals surface area contributed by atoms with Crippen LogP contribution in [0, 0.1) is 10.1 Å². The molecule has 0 saturated carbocycles. The number of nitrogens with zero attached hydrogens (tertiary/aromatic N) is 1. The lowest BCUT2D eigenvalue weighted by molar-refractivity contribution is -0.402. The highest BCUT2D eigenvalue weighted by molar-refractivity contribution is 8.01. The Kier molecular flexibility index (Phi) is 3.40. The maximum absolute atomic E-state index is 9.46. The fourth-order valence-electron chi connectivity index (χ4n) is 0.111. The Balaban J connectivity index is 3.26. The molecule has 0 bridgehead atoms. The summed E-state index contributed by atoms with van der Waals surface area (Å²) in [6, 6.07) is 0. The van der Waals surface area contributed by atoms with E-state index >= 15 is 0 Å². The summed E-state index contributed by atoms with van der Waals surface area (Å²) < 4.78 is 0. The van der Waals surface area contributed by atoms with Crippen LogP contribution >= 0.6 is 11.8 Å². The third-order valence-corrected chi connectivity index (χ3v) is 0.713. The number of rotatable bonds is 2. The quantitative estimate of drug-likeness (QED) is 0.403. The van der Waals surface area contributed by atoms with Crippen molar-refractivity contribution < 1.29 is 4.92 Å². The first-order valence-electron chi connectivity index (χ1n) is 1.60. The lowest BCUT2D eigenvalue weighted by Crippen LogP contribution is -1.79. The van der Waals surface area contributed by atoms with E-state index in [-0.39, 0.29) is 0 Å². The average molecular weight is 119 g/mol. The Labute approximate surface area is 45.6 Å². The summed E-state index contributed by atoms with van der Waals surface area (Å²) in [5.74, 6) is 0. The van der Waals surface area contributed by atoms with Gasteiger partial charge in [0.1, 0.15) is 0 Å². The fraction of sp³-hybridized carbons (Fsp3) is 0.333. The van der Waals surface area contributed by atoms with Gasteiger partial charge < -0.3 is 0 Å². The molecule has 0 N–H and O–H groups in total. The Morgan fingerprint density at radius 2 is 2.43 bits per heavy atom. The molecule has 0 rings (SSSR count). The Morgan fingerprint density at radius 3 is 2.57 bits per heavy atom. The molecule has 0 fully saturated rings. The average Bonchev–Trinajstić information content (AvgIpc) is 1.61. The topological polar surface area (TPSA) is 43.1 Å². The molecular formula is C3H5NO2S. The van der Waals surface area contributed by atoms with E-state index in [0.29, 0.717) is 0 Å². The molecule has 4 heteroatoms. The van der Waals surface area contributed by atoms with Crippen LogP contribution < -0.4 is 0 Å². The molecule has 3 nitrogen and oxygen atoms in total. The van der Waals surface area contributed by atoms with Crippen molar-refractivity contribution in [3.8, 4) is 0 Å². The van der Waals surface area contributed by atoms with Crippen LogP contribution in [-0.2, 0) is 0 Å². The molecule has 0 unspecified atom stereocenters. The van der Waals surface area contributed by atoms with Crippen molar-refractivity contribution in [1.82, 2.24) is 0 Å². The predicted molar refractivity (Wildman–Crippen MR) is 29.6 cm³/mol. The van der Waals surface area contributed by atoms with Crippen LogP contribution in [0.15, 0.2) is 11.6 Å². The first-order chi connectivity index (χ1) is 3.27. The summed E-state index contributed by atoms with van der Waals surface area (Å²) in [6.07, 6.45) is 2.67. The molecule has 0 heterocycles. The number of nitro groups is 1. The molecule has 0 aliphatic carbocycles. The Hall–Kier alpha value is -0.510. The highest BCUT2D eigenvalue weighted by Crippen LogP contribution is 1.91. The summed E-state index contributed by atoms with van der Waals surface area (Å²) in [4.78, 5) is 8.97. The van der Waals surface area contributed by atoms with Gasteiger partial charge in [-0.1, -0.05) is 0 Å². The maximum Gasteiger partial charge on any atom is 0.240 e. The molecule has 0 aromatic rings. The van der Waals surface area contributed by atoms with Crippen LogP contribution in [0.3, 0.4) is 0 Å². The van der Waals surface area contributed by atoms with Gasteiger partial charge in [0.05, 0.1) is 4.92 Å². The molecule has 0 saturated heterocycles. The molecular weight excluding hydrogens is 114 g/mol. The van der Waals surface area contributed by atoms with Gasteiger partial charge in [0, 0.05) is 5.41 Å². The van der Waals surface area contributed by atoms with Crippen LogP contribution in [0.2, 0.25) is 0 Å². The van der Waals surface area contributed by atoms with Gasteiger partial charge in [-0.05, 0) is 6.26 Å². The monoisotopic (exact) mass is 119 g/mol. The third kappa shape index (κ3) is 5.49. The third-order valence-electron chi connectivity index (χ3n) is 0.319. The molecule has 0 spiro atoms. The highest BCUT2D eigenvalue weighted by atomic mass is 32.2. The molecule has 0 atom stereocenters. The number of hydrogen-bond donors (Lipinski definition) is 0. The standard InChI is InChI=1S/C3H5NO2S/c1-7-3-2-4(5)6/h2-3H,1H3. The van der Waals surface area contributed by atoms with Gasteiger partial charge in [-0.15, -0.1) is 11.8 Å². The minimum Gasteiger partial charge on any atom is -0.259 e. The largest absolute Gasteiger partial charge is 0.259 e. The maximum atomic E-state index is 9.46. The molecule has 0 radical (unpaired) electrons. The van der Waals surface area contributed by atoms with Crippen molar-refractivity contribution in [3.63, 3.8) is 0 Å². The summed E-state index contributed by atoms with van der Waals surface area (Å²) in [6.45, 7) is 0. The van der Waals surface area contributed by atoms with Gasteiger partial charge in [0.25, 0.3) is 0 Å². The van der Waals surface area contributed by atoms with Gasteiger partial charge in [-0.25, -0.2) is 0 Å². The minimum absolute atomic E-state index is 0.490.